The zero-order chi connectivity index (χ0) is 17.9. The number of pyridine rings is 1. The Kier molecular flexibility index (Phi) is 7.77. The molecule has 0 saturated heterocycles. The monoisotopic (exact) mass is 345 g/mol. The lowest BCUT2D eigenvalue weighted by Crippen LogP contribution is -2.29. The van der Waals surface area contributed by atoms with Crippen molar-refractivity contribution in [3.8, 4) is 0 Å². The molecule has 2 aromatic rings. The zero-order valence-electron chi connectivity index (χ0n) is 13.9. The van der Waals surface area contributed by atoms with E-state index in [1.54, 1.807) is 18.3 Å². The predicted octanol–water partition coefficient (Wildman–Crippen LogP) is 1.69. The largest absolute Gasteiger partial charge is 0.395 e. The van der Waals surface area contributed by atoms with Crippen molar-refractivity contribution in [2.75, 3.05) is 49.7 Å². The first-order valence-corrected chi connectivity index (χ1v) is 8.06. The van der Waals surface area contributed by atoms with Crippen LogP contribution in [0.3, 0.4) is 0 Å². The van der Waals surface area contributed by atoms with Gasteiger partial charge in [0.05, 0.1) is 31.7 Å². The van der Waals surface area contributed by atoms with Gasteiger partial charge in [-0.15, -0.1) is 5.11 Å². The normalized spacial score (nSPS) is 11.0. The maximum atomic E-state index is 9.08. The van der Waals surface area contributed by atoms with E-state index in [9.17, 15) is 0 Å². The molecule has 8 heteroatoms. The van der Waals surface area contributed by atoms with Crippen molar-refractivity contribution < 1.29 is 15.3 Å². The molecule has 0 aliphatic rings. The molecule has 0 bridgehead atoms. The number of hydrogen-bond donors (Lipinski definition) is 4. The van der Waals surface area contributed by atoms with Gasteiger partial charge in [-0.05, 0) is 36.4 Å². The van der Waals surface area contributed by atoms with Gasteiger partial charge in [-0.1, -0.05) is 0 Å². The first-order chi connectivity index (χ1) is 12.3. The van der Waals surface area contributed by atoms with Crippen molar-refractivity contribution in [3.63, 3.8) is 0 Å². The van der Waals surface area contributed by atoms with E-state index in [1.165, 1.54) is 0 Å². The highest BCUT2D eigenvalue weighted by molar-refractivity contribution is 5.53. The number of hydrogen-bond acceptors (Lipinski definition) is 8. The average molecular weight is 345 g/mol. The van der Waals surface area contributed by atoms with Crippen LogP contribution in [0.15, 0.2) is 52.8 Å². The highest BCUT2D eigenvalue weighted by Crippen LogP contribution is 2.22. The summed E-state index contributed by atoms with van der Waals surface area (Å²) in [5, 5.41) is 38.2. The fourth-order valence-electron chi connectivity index (χ4n) is 2.19. The highest BCUT2D eigenvalue weighted by Gasteiger charge is 2.05. The van der Waals surface area contributed by atoms with Gasteiger partial charge in [0.2, 0.25) is 0 Å². The van der Waals surface area contributed by atoms with Crippen LogP contribution in [-0.4, -0.2) is 59.8 Å². The summed E-state index contributed by atoms with van der Waals surface area (Å²) in [7, 11) is 0. The summed E-state index contributed by atoms with van der Waals surface area (Å²) in [6.45, 7) is 1.47. The van der Waals surface area contributed by atoms with Crippen LogP contribution >= 0.6 is 0 Å². The molecule has 0 radical (unpaired) electrons. The molecule has 2 rings (SSSR count). The molecule has 0 saturated carbocycles. The summed E-state index contributed by atoms with van der Waals surface area (Å²) >= 11 is 0. The second kappa shape index (κ2) is 10.3. The van der Waals surface area contributed by atoms with E-state index in [0.717, 1.165) is 5.69 Å². The molecule has 8 nitrogen and oxygen atoms in total. The van der Waals surface area contributed by atoms with Gasteiger partial charge in [0.15, 0.2) is 0 Å². The molecule has 25 heavy (non-hydrogen) atoms. The minimum Gasteiger partial charge on any atom is -0.395 e. The van der Waals surface area contributed by atoms with Crippen LogP contribution in [0.2, 0.25) is 0 Å². The molecule has 1 aromatic heterocycles. The Hall–Kier alpha value is -2.55. The lowest BCUT2D eigenvalue weighted by atomic mass is 10.2. The third-order valence-electron chi connectivity index (χ3n) is 3.40. The number of azo groups is 1. The van der Waals surface area contributed by atoms with E-state index in [-0.39, 0.29) is 19.8 Å². The average Bonchev–Trinajstić information content (AvgIpc) is 2.66. The molecule has 1 aromatic carbocycles. The van der Waals surface area contributed by atoms with Gasteiger partial charge in [0, 0.05) is 25.3 Å². The molecule has 0 aliphatic heterocycles. The van der Waals surface area contributed by atoms with E-state index >= 15 is 0 Å². The van der Waals surface area contributed by atoms with Crippen molar-refractivity contribution in [2.24, 2.45) is 10.2 Å². The summed E-state index contributed by atoms with van der Waals surface area (Å²) in [6.07, 6.45) is 1.60. The number of anilines is 2. The van der Waals surface area contributed by atoms with Crippen LogP contribution in [0, 0.1) is 0 Å². The van der Waals surface area contributed by atoms with E-state index in [1.807, 2.05) is 29.2 Å². The Morgan fingerprint density at radius 3 is 2.04 bits per heavy atom. The van der Waals surface area contributed by atoms with Crippen LogP contribution < -0.4 is 10.2 Å². The number of aliphatic hydroxyl groups is 3. The minimum absolute atomic E-state index is 0.0254. The molecule has 0 atom stereocenters. The van der Waals surface area contributed by atoms with E-state index < -0.39 is 0 Å². The fraction of sp³-hybridized carbons (Fsp3) is 0.353. The quantitative estimate of drug-likeness (QED) is 0.487. The number of nitrogens with one attached hydrogen (secondary N) is 1. The van der Waals surface area contributed by atoms with Gasteiger partial charge in [0.25, 0.3) is 0 Å². The van der Waals surface area contributed by atoms with Crippen LogP contribution in [0.1, 0.15) is 0 Å². The van der Waals surface area contributed by atoms with Gasteiger partial charge < -0.3 is 25.5 Å². The maximum absolute atomic E-state index is 9.08. The molecule has 134 valence electrons. The molecule has 0 fully saturated rings. The SMILES string of the molecule is OCCNc1ccc(N=Nc2ccc(N(CCO)CCO)cc2)cn1. The summed E-state index contributed by atoms with van der Waals surface area (Å²) in [6, 6.07) is 11.0. The summed E-state index contributed by atoms with van der Waals surface area (Å²) in [5.41, 5.74) is 2.23. The lowest BCUT2D eigenvalue weighted by molar-refractivity contribution is 0.281. The van der Waals surface area contributed by atoms with Crippen molar-refractivity contribution in [1.82, 2.24) is 4.98 Å². The molecule has 0 amide bonds. The van der Waals surface area contributed by atoms with Crippen LogP contribution in [0.4, 0.5) is 22.9 Å². The Labute approximate surface area is 146 Å². The molecular weight excluding hydrogens is 322 g/mol. The van der Waals surface area contributed by atoms with Gasteiger partial charge in [-0.25, -0.2) is 4.98 Å². The number of aliphatic hydroxyl groups excluding tert-OH is 3. The predicted molar refractivity (Wildman–Crippen MR) is 96.8 cm³/mol. The van der Waals surface area contributed by atoms with Gasteiger partial charge in [-0.3, -0.25) is 0 Å². The van der Waals surface area contributed by atoms with Crippen molar-refractivity contribution >= 4 is 22.9 Å². The summed E-state index contributed by atoms with van der Waals surface area (Å²) < 4.78 is 0. The lowest BCUT2D eigenvalue weighted by Gasteiger charge is -2.22. The number of rotatable bonds is 10. The first kappa shape index (κ1) is 18.8. The van der Waals surface area contributed by atoms with Gasteiger partial charge in [0.1, 0.15) is 11.5 Å². The molecule has 1 heterocycles. The molecular formula is C17H23N5O3. The van der Waals surface area contributed by atoms with Crippen molar-refractivity contribution in [2.45, 2.75) is 0 Å². The summed E-state index contributed by atoms with van der Waals surface area (Å²) in [5.74, 6) is 0.671. The third-order valence-corrected chi connectivity index (χ3v) is 3.40. The second-order valence-electron chi connectivity index (χ2n) is 5.20. The maximum Gasteiger partial charge on any atom is 0.126 e. The number of benzene rings is 1. The second-order valence-corrected chi connectivity index (χ2v) is 5.20. The first-order valence-electron chi connectivity index (χ1n) is 8.06. The Balaban J connectivity index is 1.98. The standard InChI is InChI=1S/C17H23N5O3/c23-10-7-18-17-6-3-15(13-19-17)21-20-14-1-4-16(5-2-14)22(8-11-24)9-12-25/h1-6,13,23-25H,7-12H2,(H,18,19). The molecule has 0 unspecified atom stereocenters. The Morgan fingerprint density at radius 1 is 0.840 bits per heavy atom. The van der Waals surface area contributed by atoms with E-state index in [4.69, 9.17) is 15.3 Å². The van der Waals surface area contributed by atoms with Crippen molar-refractivity contribution in [1.29, 1.82) is 0 Å². The fourth-order valence-corrected chi connectivity index (χ4v) is 2.19. The topological polar surface area (TPSA) is 114 Å². The van der Waals surface area contributed by atoms with Crippen LogP contribution in [0.25, 0.3) is 0 Å². The molecule has 0 aliphatic carbocycles. The van der Waals surface area contributed by atoms with E-state index in [2.05, 4.69) is 20.5 Å². The Morgan fingerprint density at radius 2 is 1.48 bits per heavy atom. The number of nitrogens with zero attached hydrogens (tertiary/aromatic N) is 4. The smallest absolute Gasteiger partial charge is 0.126 e. The van der Waals surface area contributed by atoms with Gasteiger partial charge in [-0.2, -0.15) is 5.11 Å². The van der Waals surface area contributed by atoms with Crippen LogP contribution in [-0.2, 0) is 0 Å². The highest BCUT2D eigenvalue weighted by atomic mass is 16.3. The number of aromatic nitrogens is 1. The minimum atomic E-state index is 0.0254. The third kappa shape index (κ3) is 6.11. The van der Waals surface area contributed by atoms with Crippen molar-refractivity contribution in [3.05, 3.63) is 42.6 Å². The van der Waals surface area contributed by atoms with Crippen LogP contribution in [0.5, 0.6) is 0 Å². The van der Waals surface area contributed by atoms with E-state index in [0.29, 0.717) is 36.8 Å². The van der Waals surface area contributed by atoms with Gasteiger partial charge >= 0.3 is 0 Å². The Bertz CT molecular complexity index is 640. The molecule has 4 N–H and O–H groups in total. The molecule has 0 spiro atoms. The summed E-state index contributed by atoms with van der Waals surface area (Å²) in [4.78, 5) is 6.07. The zero-order valence-corrected chi connectivity index (χ0v) is 13.9.